The van der Waals surface area contributed by atoms with Gasteiger partial charge in [0, 0.05) is 35.7 Å². The number of carbonyl (C=O) groups excluding carboxylic acids is 2. The van der Waals surface area contributed by atoms with Gasteiger partial charge in [0.1, 0.15) is 5.69 Å². The van der Waals surface area contributed by atoms with E-state index in [9.17, 15) is 9.59 Å². The van der Waals surface area contributed by atoms with Gasteiger partial charge in [-0.15, -0.1) is 0 Å². The quantitative estimate of drug-likeness (QED) is 0.477. The number of benzene rings is 1. The number of hydrogen-bond acceptors (Lipinski definition) is 5. The maximum Gasteiger partial charge on any atom is 0.356 e. The van der Waals surface area contributed by atoms with E-state index in [1.165, 1.54) is 0 Å². The van der Waals surface area contributed by atoms with Crippen molar-refractivity contribution in [3.05, 3.63) is 65.1 Å². The maximum absolute atomic E-state index is 12.7. The first-order valence-electron chi connectivity index (χ1n) is 10.1. The van der Waals surface area contributed by atoms with Crippen LogP contribution in [0.5, 0.6) is 0 Å². The molecule has 0 radical (unpaired) electrons. The van der Waals surface area contributed by atoms with E-state index >= 15 is 0 Å². The predicted octanol–water partition coefficient (Wildman–Crippen LogP) is 3.71. The first-order chi connectivity index (χ1) is 14.5. The number of ether oxygens (including phenoxy) is 2. The van der Waals surface area contributed by atoms with Gasteiger partial charge in [-0.25, -0.2) is 4.79 Å². The highest BCUT2D eigenvalue weighted by atomic mass is 16.5. The number of Topliss-reactive ketones (excluding diaryl/α,β-unsaturated/α-hetero) is 1. The molecule has 0 spiro atoms. The van der Waals surface area contributed by atoms with Gasteiger partial charge >= 0.3 is 5.97 Å². The molecule has 1 aliphatic rings. The lowest BCUT2D eigenvalue weighted by molar-refractivity contribution is 0.0468. The number of aromatic nitrogens is 3. The number of hydrogen-bond donors (Lipinski definition) is 1. The summed E-state index contributed by atoms with van der Waals surface area (Å²) in [7, 11) is 0. The third kappa shape index (κ3) is 4.21. The van der Waals surface area contributed by atoms with Crippen molar-refractivity contribution < 1.29 is 19.1 Å². The van der Waals surface area contributed by atoms with Gasteiger partial charge in [-0.1, -0.05) is 30.3 Å². The molecule has 1 aromatic carbocycles. The Morgan fingerprint density at radius 3 is 2.77 bits per heavy atom. The van der Waals surface area contributed by atoms with Crippen LogP contribution in [0.1, 0.15) is 45.1 Å². The van der Waals surface area contributed by atoms with Crippen LogP contribution >= 0.6 is 0 Å². The second kappa shape index (κ2) is 8.67. The van der Waals surface area contributed by atoms with Crippen LogP contribution in [0.15, 0.2) is 42.5 Å². The van der Waals surface area contributed by atoms with Crippen LogP contribution in [0, 0.1) is 13.8 Å². The molecule has 4 rings (SSSR count). The first kappa shape index (κ1) is 20.1. The molecule has 3 aromatic rings. The van der Waals surface area contributed by atoms with E-state index in [-0.39, 0.29) is 24.2 Å². The van der Waals surface area contributed by atoms with Gasteiger partial charge in [0.05, 0.1) is 11.8 Å². The zero-order chi connectivity index (χ0) is 21.1. The summed E-state index contributed by atoms with van der Waals surface area (Å²) in [5.74, 6) is -0.830. The number of carbonyl (C=O) groups is 2. The van der Waals surface area contributed by atoms with Crippen LogP contribution in [-0.2, 0) is 16.0 Å². The second-order valence-electron chi connectivity index (χ2n) is 7.56. The van der Waals surface area contributed by atoms with E-state index in [0.29, 0.717) is 11.3 Å². The summed E-state index contributed by atoms with van der Waals surface area (Å²) in [4.78, 5) is 25.0. The summed E-state index contributed by atoms with van der Waals surface area (Å²) in [6, 6.07) is 13.0. The number of esters is 1. The smallest absolute Gasteiger partial charge is 0.356 e. The molecule has 156 valence electrons. The highest BCUT2D eigenvalue weighted by Gasteiger charge is 2.22. The van der Waals surface area contributed by atoms with Crippen molar-refractivity contribution in [1.29, 1.82) is 0 Å². The Morgan fingerprint density at radius 1 is 1.23 bits per heavy atom. The molecule has 7 nitrogen and oxygen atoms in total. The minimum absolute atomic E-state index is 0.190. The maximum atomic E-state index is 12.7. The molecular weight excluding hydrogens is 382 g/mol. The minimum atomic E-state index is -0.605. The van der Waals surface area contributed by atoms with Crippen LogP contribution in [0.3, 0.4) is 0 Å². The monoisotopic (exact) mass is 407 g/mol. The van der Waals surface area contributed by atoms with Crippen LogP contribution in [0.25, 0.3) is 11.3 Å². The summed E-state index contributed by atoms with van der Waals surface area (Å²) in [6.45, 7) is 5.10. The fourth-order valence-electron chi connectivity index (χ4n) is 3.83. The van der Waals surface area contributed by atoms with Crippen LogP contribution in [-0.4, -0.2) is 45.8 Å². The molecule has 1 saturated heterocycles. The number of H-pyrrole nitrogens is 1. The molecule has 0 saturated carbocycles. The SMILES string of the molecule is Cc1cc(C(=O)COC(=O)c2cc(-c3ccccc3)n[nH]2)c(C)n1C[C@H]1CCCO1. The fourth-order valence-corrected chi connectivity index (χ4v) is 3.83. The molecule has 0 unspecified atom stereocenters. The van der Waals surface area contributed by atoms with Crippen LogP contribution in [0.4, 0.5) is 0 Å². The number of nitrogens with one attached hydrogen (secondary N) is 1. The number of aromatic amines is 1. The zero-order valence-electron chi connectivity index (χ0n) is 17.2. The van der Waals surface area contributed by atoms with Gasteiger partial charge in [0.15, 0.2) is 6.61 Å². The minimum Gasteiger partial charge on any atom is -0.453 e. The summed E-state index contributed by atoms with van der Waals surface area (Å²) in [6.07, 6.45) is 2.30. The van der Waals surface area contributed by atoms with Crippen molar-refractivity contribution in [3.8, 4) is 11.3 Å². The Bertz CT molecular complexity index is 1050. The number of aryl methyl sites for hydroxylation is 1. The van der Waals surface area contributed by atoms with E-state index in [2.05, 4.69) is 14.8 Å². The Hall–Kier alpha value is -3.19. The molecular formula is C23H25N3O4. The van der Waals surface area contributed by atoms with E-state index in [0.717, 1.165) is 42.9 Å². The number of nitrogens with zero attached hydrogens (tertiary/aromatic N) is 2. The normalized spacial score (nSPS) is 16.0. The molecule has 1 atom stereocenters. The van der Waals surface area contributed by atoms with E-state index in [1.54, 1.807) is 6.07 Å². The molecule has 0 bridgehead atoms. The molecule has 1 aliphatic heterocycles. The van der Waals surface area contributed by atoms with Crippen molar-refractivity contribution in [1.82, 2.24) is 14.8 Å². The standard InChI is InChI=1S/C23H25N3O4/c1-15-11-19(16(2)26(15)13-18-9-6-10-29-18)22(27)14-30-23(28)21-12-20(24-25-21)17-7-4-3-5-8-17/h3-5,7-8,11-12,18H,6,9-10,13-14H2,1-2H3,(H,24,25)/t18-/m1/s1. The van der Waals surface area contributed by atoms with Crippen LogP contribution in [0.2, 0.25) is 0 Å². The Balaban J connectivity index is 1.39. The highest BCUT2D eigenvalue weighted by Crippen LogP contribution is 2.21. The fraction of sp³-hybridized carbons (Fsp3) is 0.348. The summed E-state index contributed by atoms with van der Waals surface area (Å²) in [5, 5.41) is 6.82. The predicted molar refractivity (Wildman–Crippen MR) is 112 cm³/mol. The third-order valence-electron chi connectivity index (χ3n) is 5.49. The van der Waals surface area contributed by atoms with Crippen molar-refractivity contribution in [3.63, 3.8) is 0 Å². The lowest BCUT2D eigenvalue weighted by Gasteiger charge is -2.14. The molecule has 0 aliphatic carbocycles. The van der Waals surface area contributed by atoms with Crippen molar-refractivity contribution >= 4 is 11.8 Å². The first-order valence-corrected chi connectivity index (χ1v) is 10.1. The largest absolute Gasteiger partial charge is 0.453 e. The molecule has 1 fully saturated rings. The topological polar surface area (TPSA) is 86.2 Å². The molecule has 2 aromatic heterocycles. The molecule has 1 N–H and O–H groups in total. The van der Waals surface area contributed by atoms with Crippen molar-refractivity contribution in [2.45, 2.75) is 39.3 Å². The van der Waals surface area contributed by atoms with Gasteiger partial charge in [0.2, 0.25) is 5.78 Å². The van der Waals surface area contributed by atoms with Gasteiger partial charge in [-0.2, -0.15) is 5.10 Å². The molecule has 0 amide bonds. The molecule has 7 heteroatoms. The summed E-state index contributed by atoms with van der Waals surface area (Å²) >= 11 is 0. The van der Waals surface area contributed by atoms with Gasteiger partial charge < -0.3 is 14.0 Å². The van der Waals surface area contributed by atoms with Gasteiger partial charge in [0.25, 0.3) is 0 Å². The summed E-state index contributed by atoms with van der Waals surface area (Å²) in [5.41, 5.74) is 4.20. The molecule has 30 heavy (non-hydrogen) atoms. The number of ketones is 1. The van der Waals surface area contributed by atoms with Gasteiger partial charge in [-0.05, 0) is 38.8 Å². The van der Waals surface area contributed by atoms with E-state index in [1.807, 2.05) is 50.2 Å². The van der Waals surface area contributed by atoms with Crippen molar-refractivity contribution in [2.24, 2.45) is 0 Å². The van der Waals surface area contributed by atoms with E-state index in [4.69, 9.17) is 9.47 Å². The zero-order valence-corrected chi connectivity index (χ0v) is 17.2. The van der Waals surface area contributed by atoms with E-state index < -0.39 is 5.97 Å². The van der Waals surface area contributed by atoms with Crippen LogP contribution < -0.4 is 0 Å². The Labute approximate surface area is 175 Å². The molecule has 3 heterocycles. The lowest BCUT2D eigenvalue weighted by Crippen LogP contribution is -2.18. The summed E-state index contributed by atoms with van der Waals surface area (Å²) < 4.78 is 13.1. The Kier molecular flexibility index (Phi) is 5.81. The average Bonchev–Trinajstić information content (AvgIpc) is 3.50. The Morgan fingerprint density at radius 2 is 2.03 bits per heavy atom. The lowest BCUT2D eigenvalue weighted by atomic mass is 10.1. The average molecular weight is 407 g/mol. The number of rotatable bonds is 7. The van der Waals surface area contributed by atoms with Crippen molar-refractivity contribution in [2.75, 3.05) is 13.2 Å². The van der Waals surface area contributed by atoms with Gasteiger partial charge in [-0.3, -0.25) is 9.89 Å². The second-order valence-corrected chi connectivity index (χ2v) is 7.56. The third-order valence-corrected chi connectivity index (χ3v) is 5.49. The highest BCUT2D eigenvalue weighted by molar-refractivity contribution is 6.00.